The lowest BCUT2D eigenvalue weighted by molar-refractivity contribution is 0.363. The van der Waals surface area contributed by atoms with E-state index in [0.29, 0.717) is 0 Å². The molecular formula is C17H25ClN2. The highest BCUT2D eigenvalue weighted by Crippen LogP contribution is 2.39. The second-order valence-corrected chi connectivity index (χ2v) is 6.12. The summed E-state index contributed by atoms with van der Waals surface area (Å²) in [5.41, 5.74) is 4.63. The van der Waals surface area contributed by atoms with Gasteiger partial charge in [0.1, 0.15) is 0 Å². The van der Waals surface area contributed by atoms with Crippen LogP contribution in [0.15, 0.2) is 24.3 Å². The van der Waals surface area contributed by atoms with E-state index in [-0.39, 0.29) is 12.4 Å². The molecule has 0 fully saturated rings. The molecule has 0 radical (unpaired) electrons. The van der Waals surface area contributed by atoms with E-state index in [0.717, 1.165) is 5.92 Å². The smallest absolute Gasteiger partial charge is 0.0482 e. The van der Waals surface area contributed by atoms with Gasteiger partial charge in [-0.2, -0.15) is 0 Å². The molecule has 20 heavy (non-hydrogen) atoms. The minimum atomic E-state index is 0. The quantitative estimate of drug-likeness (QED) is 0.831. The molecule has 1 heterocycles. The molecule has 1 aromatic carbocycles. The van der Waals surface area contributed by atoms with Crippen LogP contribution < -0.4 is 0 Å². The van der Waals surface area contributed by atoms with Gasteiger partial charge >= 0.3 is 0 Å². The van der Waals surface area contributed by atoms with Crippen LogP contribution in [0.5, 0.6) is 0 Å². The van der Waals surface area contributed by atoms with Crippen LogP contribution in [0, 0.1) is 0 Å². The lowest BCUT2D eigenvalue weighted by atomic mass is 9.84. The monoisotopic (exact) mass is 292 g/mol. The molecule has 1 aliphatic carbocycles. The van der Waals surface area contributed by atoms with Crippen LogP contribution in [0.1, 0.15) is 36.4 Å². The summed E-state index contributed by atoms with van der Waals surface area (Å²) in [6.45, 7) is 1.19. The largest absolute Gasteiger partial charge is 0.347 e. The molecule has 0 bridgehead atoms. The summed E-state index contributed by atoms with van der Waals surface area (Å²) >= 11 is 0. The van der Waals surface area contributed by atoms with E-state index in [9.17, 15) is 0 Å². The Balaban J connectivity index is 0.00000147. The Bertz CT molecular complexity index is 586. The van der Waals surface area contributed by atoms with Crippen molar-refractivity contribution in [3.63, 3.8) is 0 Å². The number of benzene rings is 1. The number of aryl methyl sites for hydroxylation is 2. The van der Waals surface area contributed by atoms with Crippen molar-refractivity contribution < 1.29 is 0 Å². The maximum Gasteiger partial charge on any atom is 0.0482 e. The van der Waals surface area contributed by atoms with Crippen LogP contribution >= 0.6 is 12.4 Å². The molecule has 3 heteroatoms. The zero-order valence-corrected chi connectivity index (χ0v) is 13.5. The SMILES string of the molecule is CN(C)CCC1CCCc2c1n(C)c1ccccc21.Cl. The highest BCUT2D eigenvalue weighted by atomic mass is 35.5. The van der Waals surface area contributed by atoms with Crippen molar-refractivity contribution in [3.05, 3.63) is 35.5 Å². The third kappa shape index (κ3) is 2.59. The fraction of sp³-hybridized carbons (Fsp3) is 0.529. The molecule has 2 nitrogen and oxygen atoms in total. The molecule has 3 rings (SSSR count). The summed E-state index contributed by atoms with van der Waals surface area (Å²) < 4.78 is 2.45. The first kappa shape index (κ1) is 15.4. The molecule has 0 aliphatic heterocycles. The lowest BCUT2D eigenvalue weighted by Gasteiger charge is -2.25. The third-order valence-corrected chi connectivity index (χ3v) is 4.55. The van der Waals surface area contributed by atoms with Gasteiger partial charge in [-0.05, 0) is 58.0 Å². The predicted octanol–water partition coefficient (Wildman–Crippen LogP) is 3.97. The van der Waals surface area contributed by atoms with Crippen molar-refractivity contribution >= 4 is 23.3 Å². The van der Waals surface area contributed by atoms with Crippen LogP contribution in [0.25, 0.3) is 10.9 Å². The zero-order valence-electron chi connectivity index (χ0n) is 12.7. The second-order valence-electron chi connectivity index (χ2n) is 6.12. The van der Waals surface area contributed by atoms with Crippen molar-refractivity contribution in [2.75, 3.05) is 20.6 Å². The molecular weight excluding hydrogens is 268 g/mol. The molecule has 110 valence electrons. The van der Waals surface area contributed by atoms with Gasteiger partial charge in [-0.3, -0.25) is 0 Å². The standard InChI is InChI=1S/C17H24N2.ClH/c1-18(2)12-11-13-7-6-9-15-14-8-4-5-10-16(14)19(3)17(13)15;/h4-5,8,10,13H,6-7,9,11-12H2,1-3H3;1H. The lowest BCUT2D eigenvalue weighted by Crippen LogP contribution is -2.19. The summed E-state index contributed by atoms with van der Waals surface area (Å²) in [6, 6.07) is 8.88. The summed E-state index contributed by atoms with van der Waals surface area (Å²) in [5, 5.41) is 1.48. The predicted molar refractivity (Wildman–Crippen MR) is 89.0 cm³/mol. The van der Waals surface area contributed by atoms with Gasteiger partial charge in [-0.25, -0.2) is 0 Å². The van der Waals surface area contributed by atoms with Crippen LogP contribution in [0.3, 0.4) is 0 Å². The number of fused-ring (bicyclic) bond motifs is 3. The number of para-hydroxylation sites is 1. The van der Waals surface area contributed by atoms with Crippen LogP contribution in [0.2, 0.25) is 0 Å². The number of rotatable bonds is 3. The number of hydrogen-bond donors (Lipinski definition) is 0. The van der Waals surface area contributed by atoms with Gasteiger partial charge in [-0.15, -0.1) is 12.4 Å². The molecule has 2 aromatic rings. The Labute approximate surface area is 128 Å². The fourth-order valence-electron chi connectivity index (χ4n) is 3.63. The Morgan fingerprint density at radius 3 is 2.75 bits per heavy atom. The van der Waals surface area contributed by atoms with Crippen molar-refractivity contribution in [2.45, 2.75) is 31.6 Å². The van der Waals surface area contributed by atoms with Crippen molar-refractivity contribution in [1.29, 1.82) is 0 Å². The summed E-state index contributed by atoms with van der Waals surface area (Å²) in [7, 11) is 6.59. The normalized spacial score (nSPS) is 18.1. The van der Waals surface area contributed by atoms with Gasteiger partial charge in [0.15, 0.2) is 0 Å². The first-order valence-corrected chi connectivity index (χ1v) is 7.39. The highest BCUT2D eigenvalue weighted by Gasteiger charge is 2.25. The molecule has 0 N–H and O–H groups in total. The van der Waals surface area contributed by atoms with Crippen molar-refractivity contribution in [2.24, 2.45) is 7.05 Å². The Morgan fingerprint density at radius 1 is 1.25 bits per heavy atom. The third-order valence-electron chi connectivity index (χ3n) is 4.55. The molecule has 0 saturated heterocycles. The van der Waals surface area contributed by atoms with Crippen LogP contribution in [0.4, 0.5) is 0 Å². The first-order chi connectivity index (χ1) is 9.18. The van der Waals surface area contributed by atoms with E-state index in [1.807, 2.05) is 0 Å². The van der Waals surface area contributed by atoms with Crippen molar-refractivity contribution in [3.8, 4) is 0 Å². The Kier molecular flexibility index (Phi) is 4.77. The van der Waals surface area contributed by atoms with Gasteiger partial charge in [0.05, 0.1) is 0 Å². The van der Waals surface area contributed by atoms with E-state index < -0.39 is 0 Å². The number of halogens is 1. The molecule has 0 spiro atoms. The van der Waals surface area contributed by atoms with Gasteiger partial charge in [0, 0.05) is 29.6 Å². The Hall–Kier alpha value is -0.990. The second kappa shape index (κ2) is 6.19. The van der Waals surface area contributed by atoms with Gasteiger partial charge in [0.2, 0.25) is 0 Å². The Morgan fingerprint density at radius 2 is 2.00 bits per heavy atom. The van der Waals surface area contributed by atoms with Crippen LogP contribution in [-0.4, -0.2) is 30.1 Å². The van der Waals surface area contributed by atoms with Crippen LogP contribution in [-0.2, 0) is 13.5 Å². The minimum absolute atomic E-state index is 0. The molecule has 1 aliphatic rings. The van der Waals surface area contributed by atoms with E-state index in [1.54, 1.807) is 11.3 Å². The zero-order chi connectivity index (χ0) is 13.4. The fourth-order valence-corrected chi connectivity index (χ4v) is 3.63. The molecule has 0 amide bonds. The summed E-state index contributed by atoms with van der Waals surface area (Å²) in [6.07, 6.45) is 5.24. The minimum Gasteiger partial charge on any atom is -0.347 e. The van der Waals surface area contributed by atoms with Gasteiger partial charge < -0.3 is 9.47 Å². The molecule has 1 unspecified atom stereocenters. The molecule has 1 atom stereocenters. The van der Waals surface area contributed by atoms with E-state index in [1.165, 1.54) is 43.1 Å². The topological polar surface area (TPSA) is 8.17 Å². The van der Waals surface area contributed by atoms with E-state index in [2.05, 4.69) is 54.9 Å². The number of nitrogens with zero attached hydrogens (tertiary/aromatic N) is 2. The maximum absolute atomic E-state index is 2.45. The van der Waals surface area contributed by atoms with Gasteiger partial charge in [-0.1, -0.05) is 18.2 Å². The number of hydrogen-bond acceptors (Lipinski definition) is 1. The van der Waals surface area contributed by atoms with E-state index in [4.69, 9.17) is 0 Å². The van der Waals surface area contributed by atoms with Gasteiger partial charge in [0.25, 0.3) is 0 Å². The average molecular weight is 293 g/mol. The highest BCUT2D eigenvalue weighted by molar-refractivity contribution is 5.86. The average Bonchev–Trinajstić information content (AvgIpc) is 2.71. The summed E-state index contributed by atoms with van der Waals surface area (Å²) in [4.78, 5) is 2.30. The summed E-state index contributed by atoms with van der Waals surface area (Å²) in [5.74, 6) is 0.739. The van der Waals surface area contributed by atoms with Crippen molar-refractivity contribution in [1.82, 2.24) is 9.47 Å². The van der Waals surface area contributed by atoms with E-state index >= 15 is 0 Å². The maximum atomic E-state index is 2.45. The number of aromatic nitrogens is 1. The molecule has 1 aromatic heterocycles. The first-order valence-electron chi connectivity index (χ1n) is 7.39. The molecule has 0 saturated carbocycles.